The third-order valence-corrected chi connectivity index (χ3v) is 2.50. The average molecular weight is 280 g/mol. The molecule has 0 saturated heterocycles. The van der Waals surface area contributed by atoms with Crippen LogP contribution in [0.25, 0.3) is 0 Å². The highest BCUT2D eigenvalue weighted by molar-refractivity contribution is 6.34. The van der Waals surface area contributed by atoms with Gasteiger partial charge in [0.25, 0.3) is 5.91 Å². The molecule has 19 heavy (non-hydrogen) atoms. The van der Waals surface area contributed by atoms with E-state index in [1.54, 1.807) is 12.1 Å². The monoisotopic (exact) mass is 279 g/mol. The van der Waals surface area contributed by atoms with Gasteiger partial charge in [0.15, 0.2) is 5.69 Å². The zero-order valence-corrected chi connectivity index (χ0v) is 10.7. The maximum atomic E-state index is 11.7. The molecule has 1 aromatic carbocycles. The Morgan fingerprint density at radius 1 is 1.32 bits per heavy atom. The normalized spacial score (nSPS) is 10.0. The Bertz CT molecular complexity index is 612. The highest BCUT2D eigenvalue weighted by atomic mass is 35.5. The molecule has 0 aliphatic rings. The fourth-order valence-electron chi connectivity index (χ4n) is 1.39. The lowest BCUT2D eigenvalue weighted by Crippen LogP contribution is -2.12. The summed E-state index contributed by atoms with van der Waals surface area (Å²) in [7, 11) is 0. The van der Waals surface area contributed by atoms with Gasteiger partial charge < -0.3 is 10.6 Å². The summed E-state index contributed by atoms with van der Waals surface area (Å²) in [6, 6.07) is 4.75. The molecule has 2 amide bonds. The number of benzene rings is 1. The number of anilines is 2. The summed E-state index contributed by atoms with van der Waals surface area (Å²) in [5.41, 5.74) is 1.14. The van der Waals surface area contributed by atoms with Gasteiger partial charge in [-0.05, 0) is 18.2 Å². The number of aromatic nitrogens is 3. The van der Waals surface area contributed by atoms with Crippen molar-refractivity contribution in [3.05, 3.63) is 35.1 Å². The molecule has 7 nitrogen and oxygen atoms in total. The minimum Gasteiger partial charge on any atom is -0.325 e. The first-order chi connectivity index (χ1) is 9.06. The molecule has 8 heteroatoms. The third-order valence-electron chi connectivity index (χ3n) is 2.19. The molecule has 0 aliphatic carbocycles. The van der Waals surface area contributed by atoms with E-state index in [9.17, 15) is 9.59 Å². The summed E-state index contributed by atoms with van der Waals surface area (Å²) in [6.45, 7) is 1.39. The van der Waals surface area contributed by atoms with E-state index in [0.29, 0.717) is 16.4 Å². The highest BCUT2D eigenvalue weighted by Crippen LogP contribution is 2.25. The van der Waals surface area contributed by atoms with E-state index in [2.05, 4.69) is 26.0 Å². The molecule has 2 rings (SSSR count). The minimum atomic E-state index is -0.405. The van der Waals surface area contributed by atoms with Crippen molar-refractivity contribution >= 4 is 34.8 Å². The molecule has 0 atom stereocenters. The second-order valence-corrected chi connectivity index (χ2v) is 4.09. The first kappa shape index (κ1) is 13.0. The Morgan fingerprint density at radius 2 is 2.11 bits per heavy atom. The Kier molecular flexibility index (Phi) is 3.76. The SMILES string of the molecule is CC(=O)Nc1ccc(NC(=O)c2cn[nH]n2)cc1Cl. The number of rotatable bonds is 3. The number of carbonyl (C=O) groups is 2. The van der Waals surface area contributed by atoms with Crippen molar-refractivity contribution in [2.75, 3.05) is 10.6 Å². The van der Waals surface area contributed by atoms with Gasteiger partial charge >= 0.3 is 0 Å². The number of aromatic amines is 1. The molecule has 3 N–H and O–H groups in total. The van der Waals surface area contributed by atoms with E-state index in [1.807, 2.05) is 0 Å². The Labute approximate surface area is 113 Å². The van der Waals surface area contributed by atoms with E-state index in [1.165, 1.54) is 19.2 Å². The largest absolute Gasteiger partial charge is 0.325 e. The molecule has 0 aliphatic heterocycles. The fourth-order valence-corrected chi connectivity index (χ4v) is 1.62. The number of halogens is 1. The summed E-state index contributed by atoms with van der Waals surface area (Å²) < 4.78 is 0. The molecular weight excluding hydrogens is 270 g/mol. The molecule has 1 heterocycles. The van der Waals surface area contributed by atoms with Gasteiger partial charge in [-0.3, -0.25) is 9.59 Å². The molecule has 1 aromatic heterocycles. The molecule has 0 bridgehead atoms. The number of carbonyl (C=O) groups excluding carboxylic acids is 2. The van der Waals surface area contributed by atoms with Crippen molar-refractivity contribution in [2.45, 2.75) is 6.92 Å². The standard InChI is InChI=1S/C11H10ClN5O2/c1-6(18)14-9-3-2-7(4-8(9)12)15-11(19)10-5-13-17-16-10/h2-5H,1H3,(H,14,18)(H,15,19)(H,13,16,17). The lowest BCUT2D eigenvalue weighted by Gasteiger charge is -2.08. The van der Waals surface area contributed by atoms with Crippen LogP contribution in [0.15, 0.2) is 24.4 Å². The van der Waals surface area contributed by atoms with Crippen LogP contribution in [0.4, 0.5) is 11.4 Å². The van der Waals surface area contributed by atoms with Crippen molar-refractivity contribution < 1.29 is 9.59 Å². The molecule has 0 fully saturated rings. The van der Waals surface area contributed by atoms with E-state index in [-0.39, 0.29) is 11.6 Å². The molecule has 0 unspecified atom stereocenters. The maximum Gasteiger partial charge on any atom is 0.277 e. The quantitative estimate of drug-likeness (QED) is 0.795. The number of nitrogens with one attached hydrogen (secondary N) is 3. The van der Waals surface area contributed by atoms with Crippen LogP contribution in [0.1, 0.15) is 17.4 Å². The fraction of sp³-hybridized carbons (Fsp3) is 0.0909. The predicted octanol–water partition coefficient (Wildman–Crippen LogP) is 1.67. The summed E-state index contributed by atoms with van der Waals surface area (Å²) in [6.07, 6.45) is 1.31. The van der Waals surface area contributed by atoms with Crippen LogP contribution in [0.5, 0.6) is 0 Å². The Morgan fingerprint density at radius 3 is 2.68 bits per heavy atom. The van der Waals surface area contributed by atoms with Crippen molar-refractivity contribution in [2.24, 2.45) is 0 Å². The summed E-state index contributed by atoms with van der Waals surface area (Å²) in [4.78, 5) is 22.6. The number of H-pyrrole nitrogens is 1. The van der Waals surface area contributed by atoms with Gasteiger partial charge in [-0.1, -0.05) is 11.6 Å². The van der Waals surface area contributed by atoms with Gasteiger partial charge in [0.2, 0.25) is 5.91 Å². The third kappa shape index (κ3) is 3.29. The van der Waals surface area contributed by atoms with Gasteiger partial charge in [0.05, 0.1) is 16.9 Å². The minimum absolute atomic E-state index is 0.169. The van der Waals surface area contributed by atoms with Gasteiger partial charge in [-0.15, -0.1) is 0 Å². The van der Waals surface area contributed by atoms with Crippen molar-refractivity contribution in [1.29, 1.82) is 0 Å². The van der Waals surface area contributed by atoms with Gasteiger partial charge in [0.1, 0.15) is 0 Å². The number of hydrogen-bond donors (Lipinski definition) is 3. The maximum absolute atomic E-state index is 11.7. The van der Waals surface area contributed by atoms with Crippen LogP contribution < -0.4 is 10.6 Å². The van der Waals surface area contributed by atoms with Crippen LogP contribution in [-0.2, 0) is 4.79 Å². The smallest absolute Gasteiger partial charge is 0.277 e. The average Bonchev–Trinajstić information content (AvgIpc) is 2.86. The number of nitrogens with zero attached hydrogens (tertiary/aromatic N) is 2. The highest BCUT2D eigenvalue weighted by Gasteiger charge is 2.10. The summed E-state index contributed by atoms with van der Waals surface area (Å²) >= 11 is 5.98. The van der Waals surface area contributed by atoms with E-state index < -0.39 is 5.91 Å². The molecule has 98 valence electrons. The van der Waals surface area contributed by atoms with Crippen LogP contribution in [0, 0.1) is 0 Å². The van der Waals surface area contributed by atoms with Crippen LogP contribution in [0.3, 0.4) is 0 Å². The van der Waals surface area contributed by atoms with E-state index in [4.69, 9.17) is 11.6 Å². The number of hydrogen-bond acceptors (Lipinski definition) is 4. The van der Waals surface area contributed by atoms with Crippen LogP contribution in [0.2, 0.25) is 5.02 Å². The van der Waals surface area contributed by atoms with E-state index in [0.717, 1.165) is 0 Å². The Balaban J connectivity index is 2.12. The second kappa shape index (κ2) is 5.49. The molecular formula is C11H10ClN5O2. The number of amides is 2. The zero-order valence-electron chi connectivity index (χ0n) is 9.90. The van der Waals surface area contributed by atoms with Crippen LogP contribution >= 0.6 is 11.6 Å². The lowest BCUT2D eigenvalue weighted by atomic mass is 10.2. The van der Waals surface area contributed by atoms with Crippen molar-refractivity contribution in [3.63, 3.8) is 0 Å². The zero-order chi connectivity index (χ0) is 13.8. The molecule has 2 aromatic rings. The lowest BCUT2D eigenvalue weighted by molar-refractivity contribution is -0.114. The molecule has 0 spiro atoms. The van der Waals surface area contributed by atoms with Crippen molar-refractivity contribution in [3.8, 4) is 0 Å². The van der Waals surface area contributed by atoms with Gasteiger partial charge in [-0.2, -0.15) is 15.4 Å². The molecule has 0 radical (unpaired) electrons. The van der Waals surface area contributed by atoms with Gasteiger partial charge in [-0.25, -0.2) is 0 Å². The van der Waals surface area contributed by atoms with E-state index >= 15 is 0 Å². The molecule has 0 saturated carbocycles. The van der Waals surface area contributed by atoms with Gasteiger partial charge in [0, 0.05) is 12.6 Å². The summed E-state index contributed by atoms with van der Waals surface area (Å²) in [5, 5.41) is 15.0. The Hall–Kier alpha value is -2.41. The van der Waals surface area contributed by atoms with Crippen molar-refractivity contribution in [1.82, 2.24) is 15.4 Å². The predicted molar refractivity (Wildman–Crippen MR) is 70.1 cm³/mol. The summed E-state index contributed by atoms with van der Waals surface area (Å²) in [5.74, 6) is -0.627. The first-order valence-corrected chi connectivity index (χ1v) is 5.68. The second-order valence-electron chi connectivity index (χ2n) is 3.69. The first-order valence-electron chi connectivity index (χ1n) is 5.30. The van der Waals surface area contributed by atoms with Crippen LogP contribution in [-0.4, -0.2) is 27.2 Å². The topological polar surface area (TPSA) is 99.8 Å².